The molecule has 6 heteroatoms. The lowest BCUT2D eigenvalue weighted by molar-refractivity contribution is 0.419. The summed E-state index contributed by atoms with van der Waals surface area (Å²) in [7, 11) is -3.78. The number of sulfonamides is 1. The molecule has 0 atom stereocenters. The normalized spacial score (nSPS) is 17.7. The van der Waals surface area contributed by atoms with E-state index in [2.05, 4.69) is 0 Å². The summed E-state index contributed by atoms with van der Waals surface area (Å²) in [5.74, 6) is 0. The van der Waals surface area contributed by atoms with Crippen LogP contribution in [0.25, 0.3) is 11.0 Å². The zero-order valence-corrected chi connectivity index (χ0v) is 12.4. The van der Waals surface area contributed by atoms with Crippen LogP contribution in [0.1, 0.15) is 25.7 Å². The second-order valence-electron chi connectivity index (χ2n) is 5.25. The van der Waals surface area contributed by atoms with Crippen molar-refractivity contribution in [1.82, 2.24) is 4.31 Å². The summed E-state index contributed by atoms with van der Waals surface area (Å²) in [6.45, 7) is 0.934. The predicted octanol–water partition coefficient (Wildman–Crippen LogP) is 2.36. The molecule has 1 aliphatic rings. The van der Waals surface area contributed by atoms with E-state index in [1.54, 1.807) is 24.3 Å². The molecule has 1 aliphatic heterocycles. The van der Waals surface area contributed by atoms with Gasteiger partial charge in [0.05, 0.1) is 0 Å². The molecule has 0 N–H and O–H groups in total. The molecule has 3 rings (SSSR count). The molecule has 2 heterocycles. The van der Waals surface area contributed by atoms with Gasteiger partial charge in [0.1, 0.15) is 5.58 Å². The minimum absolute atomic E-state index is 0.261. The fraction of sp³-hybridized carbons (Fsp3) is 0.400. The summed E-state index contributed by atoms with van der Waals surface area (Å²) in [4.78, 5) is 11.8. The summed E-state index contributed by atoms with van der Waals surface area (Å²) in [5.41, 5.74) is -0.393. The molecule has 2 aromatic rings. The Labute approximate surface area is 123 Å². The lowest BCUT2D eigenvalue weighted by atomic mass is 10.2. The Balaban J connectivity index is 2.09. The van der Waals surface area contributed by atoms with Gasteiger partial charge in [0.2, 0.25) is 10.0 Å². The van der Waals surface area contributed by atoms with Crippen molar-refractivity contribution in [3.63, 3.8) is 0 Å². The largest absolute Gasteiger partial charge is 0.422 e. The molecule has 5 nitrogen and oxygen atoms in total. The van der Waals surface area contributed by atoms with Crippen LogP contribution >= 0.6 is 0 Å². The van der Waals surface area contributed by atoms with Crippen molar-refractivity contribution < 1.29 is 12.8 Å². The van der Waals surface area contributed by atoms with Crippen molar-refractivity contribution in [2.45, 2.75) is 30.6 Å². The molecule has 0 saturated carbocycles. The molecular formula is C15H17NO4S. The van der Waals surface area contributed by atoms with Gasteiger partial charge in [-0.2, -0.15) is 4.31 Å². The van der Waals surface area contributed by atoms with Crippen molar-refractivity contribution in [2.75, 3.05) is 13.1 Å². The topological polar surface area (TPSA) is 67.6 Å². The Morgan fingerprint density at radius 1 is 1.00 bits per heavy atom. The molecule has 0 spiro atoms. The average Bonchev–Trinajstić information content (AvgIpc) is 2.76. The predicted molar refractivity (Wildman–Crippen MR) is 79.7 cm³/mol. The first-order valence-corrected chi connectivity index (χ1v) is 8.56. The van der Waals surface area contributed by atoms with Crippen molar-refractivity contribution in [1.29, 1.82) is 0 Å². The maximum atomic E-state index is 12.7. The molecule has 0 bridgehead atoms. The highest BCUT2D eigenvalue weighted by atomic mass is 32.2. The Bertz CT molecular complexity index is 802. The van der Waals surface area contributed by atoms with Gasteiger partial charge >= 0.3 is 5.63 Å². The quantitative estimate of drug-likeness (QED) is 0.799. The summed E-state index contributed by atoms with van der Waals surface area (Å²) in [5, 5.41) is 0.616. The second kappa shape index (κ2) is 5.61. The first kappa shape index (κ1) is 14.3. The summed E-state index contributed by atoms with van der Waals surface area (Å²) >= 11 is 0. The second-order valence-corrected chi connectivity index (χ2v) is 7.16. The smallest absolute Gasteiger partial charge is 0.356 e. The summed E-state index contributed by atoms with van der Waals surface area (Å²) < 4.78 is 31.9. The van der Waals surface area contributed by atoms with Crippen molar-refractivity contribution >= 4 is 21.0 Å². The van der Waals surface area contributed by atoms with E-state index in [1.165, 1.54) is 10.4 Å². The maximum absolute atomic E-state index is 12.7. The van der Waals surface area contributed by atoms with Crippen molar-refractivity contribution in [2.24, 2.45) is 0 Å². The first-order valence-electron chi connectivity index (χ1n) is 7.12. The van der Waals surface area contributed by atoms with E-state index >= 15 is 0 Å². The van der Waals surface area contributed by atoms with Crippen LogP contribution in [0.5, 0.6) is 0 Å². The first-order chi connectivity index (χ1) is 10.1. The Kier molecular flexibility index (Phi) is 3.82. The van der Waals surface area contributed by atoms with Crippen LogP contribution in [0.15, 0.2) is 44.4 Å². The number of nitrogens with zero attached hydrogens (tertiary/aromatic N) is 1. The van der Waals surface area contributed by atoms with Crippen LogP contribution in [0.2, 0.25) is 0 Å². The SMILES string of the molecule is O=c1oc2ccccc2cc1S(=O)(=O)N1CCCCCC1. The summed E-state index contributed by atoms with van der Waals surface area (Å²) in [6, 6.07) is 8.33. The minimum atomic E-state index is -3.78. The van der Waals surface area contributed by atoms with Gasteiger partial charge in [-0.1, -0.05) is 31.0 Å². The van der Waals surface area contributed by atoms with Gasteiger partial charge in [-0.15, -0.1) is 0 Å². The average molecular weight is 307 g/mol. The van der Waals surface area contributed by atoms with Crippen LogP contribution in [0, 0.1) is 0 Å². The van der Waals surface area contributed by atoms with Gasteiger partial charge in [0, 0.05) is 18.5 Å². The fourth-order valence-corrected chi connectivity index (χ4v) is 4.19. The zero-order valence-electron chi connectivity index (χ0n) is 11.6. The molecule has 0 radical (unpaired) electrons. The Morgan fingerprint density at radius 2 is 1.67 bits per heavy atom. The third-order valence-electron chi connectivity index (χ3n) is 3.79. The lowest BCUT2D eigenvalue weighted by Crippen LogP contribution is -2.34. The van der Waals surface area contributed by atoms with E-state index in [0.717, 1.165) is 25.7 Å². The van der Waals surface area contributed by atoms with E-state index in [4.69, 9.17) is 4.42 Å². The van der Waals surface area contributed by atoms with Crippen LogP contribution in [-0.4, -0.2) is 25.8 Å². The number of hydrogen-bond acceptors (Lipinski definition) is 4. The third kappa shape index (κ3) is 2.73. The highest BCUT2D eigenvalue weighted by molar-refractivity contribution is 7.89. The molecule has 0 aliphatic carbocycles. The van der Waals surface area contributed by atoms with Crippen LogP contribution in [0.3, 0.4) is 0 Å². The Hall–Kier alpha value is -1.66. The van der Waals surface area contributed by atoms with Crippen molar-refractivity contribution in [3.8, 4) is 0 Å². The number of hydrogen-bond donors (Lipinski definition) is 0. The Morgan fingerprint density at radius 3 is 2.38 bits per heavy atom. The molecule has 1 saturated heterocycles. The fourth-order valence-electron chi connectivity index (χ4n) is 2.64. The van der Waals surface area contributed by atoms with Gasteiger partial charge in [-0.05, 0) is 25.0 Å². The molecule has 1 aromatic heterocycles. The lowest BCUT2D eigenvalue weighted by Gasteiger charge is -2.19. The van der Waals surface area contributed by atoms with Gasteiger partial charge in [0.25, 0.3) is 0 Å². The molecule has 21 heavy (non-hydrogen) atoms. The molecular weight excluding hydrogens is 290 g/mol. The van der Waals surface area contributed by atoms with Crippen molar-refractivity contribution in [3.05, 3.63) is 40.8 Å². The van der Waals surface area contributed by atoms with E-state index in [1.807, 2.05) is 0 Å². The maximum Gasteiger partial charge on any atom is 0.356 e. The molecule has 1 aromatic carbocycles. The molecule has 0 amide bonds. The van der Waals surface area contributed by atoms with Gasteiger partial charge in [-0.25, -0.2) is 13.2 Å². The van der Waals surface area contributed by atoms with E-state index in [0.29, 0.717) is 24.1 Å². The molecule has 1 fully saturated rings. The monoisotopic (exact) mass is 307 g/mol. The zero-order chi connectivity index (χ0) is 14.9. The number of benzene rings is 1. The van der Waals surface area contributed by atoms with Gasteiger partial charge in [-0.3, -0.25) is 0 Å². The van der Waals surface area contributed by atoms with E-state index in [-0.39, 0.29) is 4.90 Å². The van der Waals surface area contributed by atoms with Gasteiger partial charge < -0.3 is 4.42 Å². The summed E-state index contributed by atoms with van der Waals surface area (Å²) in [6.07, 6.45) is 3.72. The minimum Gasteiger partial charge on any atom is -0.422 e. The standard InChI is InChI=1S/C15H17NO4S/c17-15-14(11-12-7-3-4-8-13(12)20-15)21(18,19)16-9-5-1-2-6-10-16/h3-4,7-8,11H,1-2,5-6,9-10H2. The van der Waals surface area contributed by atoms with Crippen LogP contribution in [0.4, 0.5) is 0 Å². The van der Waals surface area contributed by atoms with Crippen LogP contribution in [-0.2, 0) is 10.0 Å². The van der Waals surface area contributed by atoms with E-state index in [9.17, 15) is 13.2 Å². The highest BCUT2D eigenvalue weighted by Gasteiger charge is 2.28. The molecule has 112 valence electrons. The highest BCUT2D eigenvalue weighted by Crippen LogP contribution is 2.21. The number of fused-ring (bicyclic) bond motifs is 1. The van der Waals surface area contributed by atoms with E-state index < -0.39 is 15.6 Å². The number of rotatable bonds is 2. The third-order valence-corrected chi connectivity index (χ3v) is 5.68. The molecule has 0 unspecified atom stereocenters. The van der Waals surface area contributed by atoms with Gasteiger partial charge in [0.15, 0.2) is 4.90 Å². The number of para-hydroxylation sites is 1. The van der Waals surface area contributed by atoms with Crippen LogP contribution < -0.4 is 5.63 Å².